The molecule has 3 atom stereocenters. The Hall–Kier alpha value is -3.51. The van der Waals surface area contributed by atoms with E-state index < -0.39 is 12.1 Å². The van der Waals surface area contributed by atoms with E-state index in [4.69, 9.17) is 5.26 Å². The van der Waals surface area contributed by atoms with Gasteiger partial charge in [-0.3, -0.25) is 19.6 Å². The molecule has 2 aromatic heterocycles. The lowest BCUT2D eigenvalue weighted by molar-refractivity contribution is 0.0600. The van der Waals surface area contributed by atoms with E-state index in [1.54, 1.807) is 25.1 Å². The molecule has 1 saturated heterocycles. The van der Waals surface area contributed by atoms with E-state index in [-0.39, 0.29) is 11.5 Å². The predicted molar refractivity (Wildman–Crippen MR) is 130 cm³/mol. The zero-order chi connectivity index (χ0) is 24.7. The molecule has 3 aliphatic rings. The zero-order valence-corrected chi connectivity index (χ0v) is 19.9. The van der Waals surface area contributed by atoms with Gasteiger partial charge >= 0.3 is 0 Å². The minimum absolute atomic E-state index is 0.0494. The van der Waals surface area contributed by atoms with Crippen LogP contribution in [0, 0.1) is 17.2 Å². The van der Waals surface area contributed by atoms with Gasteiger partial charge in [0.1, 0.15) is 6.17 Å². The molecule has 2 fully saturated rings. The Labute approximate surface area is 203 Å². The number of alkyl halides is 1. The highest BCUT2D eigenvalue weighted by Gasteiger charge is 2.34. The Bertz CT molecular complexity index is 1280. The van der Waals surface area contributed by atoms with Crippen LogP contribution in [0.2, 0.25) is 0 Å². The molecule has 0 spiro atoms. The molecule has 182 valence electrons. The summed E-state index contributed by atoms with van der Waals surface area (Å²) in [5.41, 5.74) is 1.23. The first-order valence-corrected chi connectivity index (χ1v) is 12.1. The van der Waals surface area contributed by atoms with Gasteiger partial charge in [0.25, 0.3) is 11.5 Å². The monoisotopic (exact) mass is 476 g/mol. The average molecular weight is 477 g/mol. The van der Waals surface area contributed by atoms with Gasteiger partial charge in [-0.1, -0.05) is 12.2 Å². The number of rotatable bonds is 5. The van der Waals surface area contributed by atoms with Crippen molar-refractivity contribution in [2.45, 2.75) is 50.9 Å². The summed E-state index contributed by atoms with van der Waals surface area (Å²) in [6.07, 6.45) is 9.24. The third-order valence-corrected chi connectivity index (χ3v) is 7.44. The standard InChI is InChI=1S/C26H29FN6O2/c1-16-21(9-5-17(12-28)24(16)27)22-14-30-33(26(22)35)23-10-6-18(13-29-23)25(34)32-11-3-4-20(15-32)31(2)19-7-8-19/h5-6,9-10,13-14,17,19-20,24,30H,3-4,7-8,11,15H2,1-2H3/t17?,20-,24?/m1/s1. The third-order valence-electron chi connectivity index (χ3n) is 7.44. The number of amides is 1. The Balaban J connectivity index is 1.33. The van der Waals surface area contributed by atoms with Gasteiger partial charge < -0.3 is 4.90 Å². The Kier molecular flexibility index (Phi) is 6.15. The number of hydrogen-bond acceptors (Lipinski definition) is 5. The van der Waals surface area contributed by atoms with Crippen LogP contribution in [0.25, 0.3) is 11.4 Å². The molecule has 1 amide bonds. The summed E-state index contributed by atoms with van der Waals surface area (Å²) in [6.45, 7) is 3.05. The topological polar surface area (TPSA) is 98.0 Å². The van der Waals surface area contributed by atoms with E-state index >= 15 is 0 Å². The summed E-state index contributed by atoms with van der Waals surface area (Å²) in [5, 5.41) is 12.0. The van der Waals surface area contributed by atoms with Gasteiger partial charge in [0.2, 0.25) is 0 Å². The van der Waals surface area contributed by atoms with Crippen LogP contribution in [-0.2, 0) is 0 Å². The van der Waals surface area contributed by atoms with Crippen molar-refractivity contribution in [1.82, 2.24) is 24.6 Å². The molecule has 8 nitrogen and oxygen atoms in total. The zero-order valence-electron chi connectivity index (χ0n) is 19.9. The molecular formula is C26H29FN6O2. The maximum Gasteiger partial charge on any atom is 0.280 e. The highest BCUT2D eigenvalue weighted by molar-refractivity contribution is 5.94. The number of aromatic nitrogens is 3. The first-order chi connectivity index (χ1) is 16.9. The average Bonchev–Trinajstić information content (AvgIpc) is 3.67. The number of likely N-dealkylation sites (tertiary alicyclic amines) is 1. The second-order valence-electron chi connectivity index (χ2n) is 9.69. The van der Waals surface area contributed by atoms with E-state index in [1.165, 1.54) is 36.0 Å². The second kappa shape index (κ2) is 9.27. The van der Waals surface area contributed by atoms with Crippen LogP contribution in [0.4, 0.5) is 4.39 Å². The van der Waals surface area contributed by atoms with Crippen LogP contribution in [-0.4, -0.2) is 68.9 Å². The molecule has 3 heterocycles. The van der Waals surface area contributed by atoms with Gasteiger partial charge in [0, 0.05) is 37.6 Å². The van der Waals surface area contributed by atoms with E-state index in [0.717, 1.165) is 25.9 Å². The quantitative estimate of drug-likeness (QED) is 0.715. The highest BCUT2D eigenvalue weighted by Crippen LogP contribution is 2.31. The number of allylic oxidation sites excluding steroid dienone is 4. The van der Waals surface area contributed by atoms with Crippen LogP contribution in [0.1, 0.15) is 48.5 Å². The molecule has 0 aromatic carbocycles. The number of halogens is 1. The minimum Gasteiger partial charge on any atom is -0.337 e. The molecular weight excluding hydrogens is 447 g/mol. The number of carbonyl (C=O) groups excluding carboxylic acids is 1. The van der Waals surface area contributed by atoms with Gasteiger partial charge in [0.05, 0.1) is 23.1 Å². The number of likely N-dealkylation sites (N-methyl/N-ethyl adjacent to an activating group) is 1. The summed E-state index contributed by atoms with van der Waals surface area (Å²) >= 11 is 0. The SMILES string of the molecule is CC1=C(c2c[nH]n(-c3ccc(C(=O)N4CCC[C@@H](N(C)C5CC5)C4)cn3)c2=O)C=CC(C#N)C1F. The molecule has 5 rings (SSSR count). The van der Waals surface area contributed by atoms with E-state index in [9.17, 15) is 14.0 Å². The first kappa shape index (κ1) is 23.2. The van der Waals surface area contributed by atoms with Crippen LogP contribution in [0.5, 0.6) is 0 Å². The minimum atomic E-state index is -1.45. The number of nitriles is 1. The number of carbonyl (C=O) groups is 1. The maximum absolute atomic E-state index is 14.5. The third kappa shape index (κ3) is 4.34. The van der Waals surface area contributed by atoms with Crippen LogP contribution in [0.15, 0.2) is 47.0 Å². The Morgan fingerprint density at radius 2 is 2.09 bits per heavy atom. The number of nitrogens with zero attached hydrogens (tertiary/aromatic N) is 5. The fraction of sp³-hybridized carbons (Fsp3) is 0.462. The maximum atomic E-state index is 14.5. The van der Waals surface area contributed by atoms with Crippen molar-refractivity contribution in [3.05, 3.63) is 63.7 Å². The molecule has 0 bridgehead atoms. The molecule has 9 heteroatoms. The molecule has 1 saturated carbocycles. The van der Waals surface area contributed by atoms with Crippen molar-refractivity contribution in [3.8, 4) is 11.9 Å². The largest absolute Gasteiger partial charge is 0.337 e. The van der Waals surface area contributed by atoms with Gasteiger partial charge in [-0.25, -0.2) is 14.1 Å². The smallest absolute Gasteiger partial charge is 0.280 e. The fourth-order valence-electron chi connectivity index (χ4n) is 5.07. The summed E-state index contributed by atoms with van der Waals surface area (Å²) < 4.78 is 15.8. The number of aromatic amines is 1. The van der Waals surface area contributed by atoms with E-state index in [2.05, 4.69) is 22.0 Å². The number of nitrogens with one attached hydrogen (secondary N) is 1. The Morgan fingerprint density at radius 1 is 1.29 bits per heavy atom. The van der Waals surface area contributed by atoms with Crippen molar-refractivity contribution in [3.63, 3.8) is 0 Å². The molecule has 2 unspecified atom stereocenters. The Morgan fingerprint density at radius 3 is 2.77 bits per heavy atom. The van der Waals surface area contributed by atoms with Crippen LogP contribution < -0.4 is 5.56 Å². The van der Waals surface area contributed by atoms with Crippen LogP contribution >= 0.6 is 0 Å². The summed E-state index contributed by atoms with van der Waals surface area (Å²) in [6, 6.07) is 6.29. The number of piperidine rings is 1. The van der Waals surface area contributed by atoms with Crippen molar-refractivity contribution >= 4 is 11.5 Å². The predicted octanol–water partition coefficient (Wildman–Crippen LogP) is 3.08. The fourth-order valence-corrected chi connectivity index (χ4v) is 5.07. The van der Waals surface area contributed by atoms with E-state index in [1.807, 2.05) is 11.0 Å². The molecule has 0 radical (unpaired) electrons. The lowest BCUT2D eigenvalue weighted by Crippen LogP contribution is -2.49. The molecule has 35 heavy (non-hydrogen) atoms. The summed E-state index contributed by atoms with van der Waals surface area (Å²) in [5.74, 6) is -0.560. The lowest BCUT2D eigenvalue weighted by Gasteiger charge is -2.37. The number of hydrogen-bond donors (Lipinski definition) is 1. The van der Waals surface area contributed by atoms with Crippen LogP contribution in [0.3, 0.4) is 0 Å². The number of pyridine rings is 1. The van der Waals surface area contributed by atoms with Crippen molar-refractivity contribution in [2.24, 2.45) is 5.92 Å². The van der Waals surface area contributed by atoms with Gasteiger partial charge in [-0.05, 0) is 62.9 Å². The molecule has 1 aliphatic heterocycles. The molecule has 1 N–H and O–H groups in total. The first-order valence-electron chi connectivity index (χ1n) is 12.1. The van der Waals surface area contributed by atoms with E-state index in [0.29, 0.717) is 40.2 Å². The lowest BCUT2D eigenvalue weighted by atomic mass is 9.87. The van der Waals surface area contributed by atoms with Gasteiger partial charge in [-0.15, -0.1) is 0 Å². The molecule has 2 aromatic rings. The normalized spacial score (nSPS) is 24.7. The summed E-state index contributed by atoms with van der Waals surface area (Å²) in [4.78, 5) is 34.8. The summed E-state index contributed by atoms with van der Waals surface area (Å²) in [7, 11) is 2.16. The van der Waals surface area contributed by atoms with Crippen molar-refractivity contribution < 1.29 is 9.18 Å². The van der Waals surface area contributed by atoms with Crippen molar-refractivity contribution in [2.75, 3.05) is 20.1 Å². The van der Waals surface area contributed by atoms with Crippen molar-refractivity contribution in [1.29, 1.82) is 5.26 Å². The van der Waals surface area contributed by atoms with Gasteiger partial charge in [-0.2, -0.15) is 5.26 Å². The molecule has 2 aliphatic carbocycles. The highest BCUT2D eigenvalue weighted by atomic mass is 19.1. The second-order valence-corrected chi connectivity index (χ2v) is 9.69. The number of H-pyrrole nitrogens is 1. The van der Waals surface area contributed by atoms with Gasteiger partial charge in [0.15, 0.2) is 5.82 Å².